The monoisotopic (exact) mass is 241 g/mol. The van der Waals surface area contributed by atoms with Crippen LogP contribution in [0.2, 0.25) is 0 Å². The van der Waals surface area contributed by atoms with Crippen molar-refractivity contribution in [2.45, 2.75) is 26.2 Å². The van der Waals surface area contributed by atoms with Gasteiger partial charge in [0.05, 0.1) is 10.6 Å². The van der Waals surface area contributed by atoms with Gasteiger partial charge >= 0.3 is 0 Å². The van der Waals surface area contributed by atoms with E-state index in [1.807, 2.05) is 6.92 Å². The standard InChI is InChI=1S/C10H15N3S2/c1-7-8(9(11)14)15-10(12-7)13-5-3-2-4-6-13/h2-6H2,1H3,(H2,11,14). The lowest BCUT2D eigenvalue weighted by Gasteiger charge is -2.25. The van der Waals surface area contributed by atoms with Crippen molar-refractivity contribution in [3.8, 4) is 0 Å². The molecule has 0 atom stereocenters. The van der Waals surface area contributed by atoms with Crippen LogP contribution in [0.1, 0.15) is 29.8 Å². The van der Waals surface area contributed by atoms with Gasteiger partial charge in [-0.05, 0) is 26.2 Å². The number of hydrogen-bond donors (Lipinski definition) is 1. The summed E-state index contributed by atoms with van der Waals surface area (Å²) in [4.78, 5) is 8.30. The molecule has 0 aliphatic carbocycles. The topological polar surface area (TPSA) is 42.2 Å². The molecule has 1 aliphatic rings. The summed E-state index contributed by atoms with van der Waals surface area (Å²) < 4.78 is 0. The summed E-state index contributed by atoms with van der Waals surface area (Å²) in [7, 11) is 0. The maximum atomic E-state index is 5.64. The number of aromatic nitrogens is 1. The van der Waals surface area contributed by atoms with Crippen molar-refractivity contribution < 1.29 is 0 Å². The SMILES string of the molecule is Cc1nc(N2CCCCC2)sc1C(N)=S. The molecule has 82 valence electrons. The fraction of sp³-hybridized carbons (Fsp3) is 0.600. The number of thiazole rings is 1. The fourth-order valence-corrected chi connectivity index (χ4v) is 3.07. The summed E-state index contributed by atoms with van der Waals surface area (Å²) in [5, 5.41) is 1.08. The minimum Gasteiger partial charge on any atom is -0.389 e. The minimum absolute atomic E-state index is 0.466. The number of hydrogen-bond acceptors (Lipinski definition) is 4. The molecule has 0 radical (unpaired) electrons. The van der Waals surface area contributed by atoms with Crippen molar-refractivity contribution >= 4 is 33.7 Å². The van der Waals surface area contributed by atoms with E-state index < -0.39 is 0 Å². The fourth-order valence-electron chi connectivity index (χ4n) is 1.83. The molecular weight excluding hydrogens is 226 g/mol. The van der Waals surface area contributed by atoms with Gasteiger partial charge in [0.1, 0.15) is 4.99 Å². The van der Waals surface area contributed by atoms with Crippen LogP contribution >= 0.6 is 23.6 Å². The number of anilines is 1. The van der Waals surface area contributed by atoms with Crippen LogP contribution in [-0.4, -0.2) is 23.1 Å². The van der Waals surface area contributed by atoms with E-state index in [9.17, 15) is 0 Å². The predicted molar refractivity (Wildman–Crippen MR) is 68.8 cm³/mol. The maximum Gasteiger partial charge on any atom is 0.186 e. The van der Waals surface area contributed by atoms with E-state index in [2.05, 4.69) is 9.88 Å². The first-order valence-electron chi connectivity index (χ1n) is 5.20. The van der Waals surface area contributed by atoms with Gasteiger partial charge in [-0.1, -0.05) is 23.6 Å². The Morgan fingerprint density at radius 2 is 2.07 bits per heavy atom. The molecule has 0 unspecified atom stereocenters. The van der Waals surface area contributed by atoms with Crippen LogP contribution in [0.5, 0.6) is 0 Å². The van der Waals surface area contributed by atoms with Crippen molar-refractivity contribution in [2.75, 3.05) is 18.0 Å². The zero-order valence-electron chi connectivity index (χ0n) is 8.82. The van der Waals surface area contributed by atoms with Crippen LogP contribution in [0.25, 0.3) is 0 Å². The molecule has 1 aromatic rings. The first-order chi connectivity index (χ1) is 7.18. The molecule has 0 spiro atoms. The number of nitrogens with two attached hydrogens (primary N) is 1. The lowest BCUT2D eigenvalue weighted by molar-refractivity contribution is 0.576. The van der Waals surface area contributed by atoms with Crippen molar-refractivity contribution in [3.05, 3.63) is 10.6 Å². The van der Waals surface area contributed by atoms with Gasteiger partial charge in [-0.15, -0.1) is 0 Å². The van der Waals surface area contributed by atoms with Crippen LogP contribution in [0.15, 0.2) is 0 Å². The van der Waals surface area contributed by atoms with Gasteiger partial charge in [0.2, 0.25) is 0 Å². The van der Waals surface area contributed by atoms with E-state index in [4.69, 9.17) is 18.0 Å². The zero-order valence-corrected chi connectivity index (χ0v) is 10.5. The molecule has 2 rings (SSSR count). The third-order valence-corrected chi connectivity index (χ3v) is 4.22. The van der Waals surface area contributed by atoms with Gasteiger partial charge in [0.25, 0.3) is 0 Å². The molecule has 2 N–H and O–H groups in total. The van der Waals surface area contributed by atoms with Crippen LogP contribution in [0, 0.1) is 6.92 Å². The Kier molecular flexibility index (Phi) is 3.21. The maximum absolute atomic E-state index is 5.64. The van der Waals surface area contributed by atoms with E-state index in [1.165, 1.54) is 19.3 Å². The van der Waals surface area contributed by atoms with E-state index in [-0.39, 0.29) is 0 Å². The average molecular weight is 241 g/mol. The van der Waals surface area contributed by atoms with Crippen LogP contribution in [0.3, 0.4) is 0 Å². The molecule has 2 heterocycles. The zero-order chi connectivity index (χ0) is 10.8. The lowest BCUT2D eigenvalue weighted by Crippen LogP contribution is -2.29. The molecule has 1 fully saturated rings. The van der Waals surface area contributed by atoms with Crippen LogP contribution in [-0.2, 0) is 0 Å². The largest absolute Gasteiger partial charge is 0.389 e. The van der Waals surface area contributed by atoms with Gasteiger partial charge in [0, 0.05) is 13.1 Å². The molecule has 1 aromatic heterocycles. The van der Waals surface area contributed by atoms with Crippen molar-refractivity contribution in [3.63, 3.8) is 0 Å². The summed E-state index contributed by atoms with van der Waals surface area (Å²) in [5.74, 6) is 0. The predicted octanol–water partition coefficient (Wildman–Crippen LogP) is 2.08. The normalized spacial score (nSPS) is 16.7. The summed E-state index contributed by atoms with van der Waals surface area (Å²) in [6, 6.07) is 0. The lowest BCUT2D eigenvalue weighted by atomic mass is 10.1. The molecule has 15 heavy (non-hydrogen) atoms. The Bertz CT molecular complexity index is 367. The van der Waals surface area contributed by atoms with E-state index in [1.54, 1.807) is 11.3 Å². The highest BCUT2D eigenvalue weighted by Crippen LogP contribution is 2.27. The third-order valence-electron chi connectivity index (χ3n) is 2.64. The second-order valence-corrected chi connectivity index (χ2v) is 5.24. The van der Waals surface area contributed by atoms with Gasteiger partial charge < -0.3 is 10.6 Å². The molecule has 0 amide bonds. The number of aryl methyl sites for hydroxylation is 1. The smallest absolute Gasteiger partial charge is 0.186 e. The number of piperidine rings is 1. The molecule has 0 bridgehead atoms. The summed E-state index contributed by atoms with van der Waals surface area (Å²) in [6.45, 7) is 4.20. The second kappa shape index (κ2) is 4.45. The Morgan fingerprint density at radius 1 is 1.40 bits per heavy atom. The summed E-state index contributed by atoms with van der Waals surface area (Å²) in [5.41, 5.74) is 6.61. The second-order valence-electron chi connectivity index (χ2n) is 3.82. The van der Waals surface area contributed by atoms with Gasteiger partial charge in [-0.3, -0.25) is 0 Å². The Hall–Kier alpha value is -0.680. The summed E-state index contributed by atoms with van der Waals surface area (Å²) in [6.07, 6.45) is 3.87. The van der Waals surface area contributed by atoms with Crippen molar-refractivity contribution in [2.24, 2.45) is 5.73 Å². The van der Waals surface area contributed by atoms with Gasteiger partial charge in [0.15, 0.2) is 5.13 Å². The first-order valence-corrected chi connectivity index (χ1v) is 6.43. The van der Waals surface area contributed by atoms with E-state index in [0.29, 0.717) is 4.99 Å². The highest BCUT2D eigenvalue weighted by molar-refractivity contribution is 7.81. The van der Waals surface area contributed by atoms with Crippen LogP contribution in [0.4, 0.5) is 5.13 Å². The molecule has 0 saturated carbocycles. The van der Waals surface area contributed by atoms with Crippen molar-refractivity contribution in [1.29, 1.82) is 0 Å². The Labute approximate surface area is 99.3 Å². The third kappa shape index (κ3) is 2.29. The average Bonchev–Trinajstić information content (AvgIpc) is 2.62. The van der Waals surface area contributed by atoms with E-state index in [0.717, 1.165) is 28.8 Å². The molecule has 1 aliphatic heterocycles. The van der Waals surface area contributed by atoms with Gasteiger partial charge in [-0.2, -0.15) is 0 Å². The highest BCUT2D eigenvalue weighted by atomic mass is 32.1. The highest BCUT2D eigenvalue weighted by Gasteiger charge is 2.17. The Morgan fingerprint density at radius 3 is 2.60 bits per heavy atom. The Balaban J connectivity index is 2.21. The van der Waals surface area contributed by atoms with Gasteiger partial charge in [-0.25, -0.2) is 4.98 Å². The quantitative estimate of drug-likeness (QED) is 0.805. The van der Waals surface area contributed by atoms with Crippen LogP contribution < -0.4 is 10.6 Å². The van der Waals surface area contributed by atoms with Crippen molar-refractivity contribution in [1.82, 2.24) is 4.98 Å². The molecule has 3 nitrogen and oxygen atoms in total. The molecule has 5 heteroatoms. The molecule has 1 saturated heterocycles. The first kappa shape index (κ1) is 10.8. The number of thiocarbonyl (C=S) groups is 1. The number of nitrogens with zero attached hydrogens (tertiary/aromatic N) is 2. The summed E-state index contributed by atoms with van der Waals surface area (Å²) >= 11 is 6.62. The number of rotatable bonds is 2. The molecular formula is C10H15N3S2. The minimum atomic E-state index is 0.466. The molecule has 0 aromatic carbocycles. The van der Waals surface area contributed by atoms with E-state index >= 15 is 0 Å².